The molecule has 1 aliphatic carbocycles. The van der Waals surface area contributed by atoms with Gasteiger partial charge < -0.3 is 19.5 Å². The maximum Gasteiger partial charge on any atom is 0.226 e. The first-order chi connectivity index (χ1) is 18.3. The Morgan fingerprint density at radius 1 is 0.947 bits per heavy atom. The molecule has 8 heteroatoms. The molecule has 0 saturated carbocycles. The molecule has 2 heterocycles. The van der Waals surface area contributed by atoms with E-state index in [0.29, 0.717) is 41.0 Å². The van der Waals surface area contributed by atoms with Crippen LogP contribution in [0.2, 0.25) is 0 Å². The molecule has 1 aliphatic heterocycles. The van der Waals surface area contributed by atoms with E-state index in [0.717, 1.165) is 34.0 Å². The van der Waals surface area contributed by atoms with Gasteiger partial charge in [-0.25, -0.2) is 4.68 Å². The molecule has 1 atom stereocenters. The molecule has 8 nitrogen and oxygen atoms in total. The molecule has 0 fully saturated rings. The summed E-state index contributed by atoms with van der Waals surface area (Å²) in [6.07, 6.45) is 1.18. The largest absolute Gasteiger partial charge is 0.493 e. The average Bonchev–Trinajstić information content (AvgIpc) is 3.33. The van der Waals surface area contributed by atoms with Gasteiger partial charge in [-0.3, -0.25) is 4.79 Å². The van der Waals surface area contributed by atoms with Crippen molar-refractivity contribution < 1.29 is 19.0 Å². The maximum atomic E-state index is 13.7. The lowest BCUT2D eigenvalue weighted by molar-refractivity contribution is -0.118. The van der Waals surface area contributed by atoms with Crippen LogP contribution in [0.4, 0.5) is 5.95 Å². The predicted octanol–water partition coefficient (Wildman–Crippen LogP) is 5.78. The Kier molecular flexibility index (Phi) is 5.63. The molecule has 3 aromatic carbocycles. The zero-order valence-electron chi connectivity index (χ0n) is 22.2. The monoisotopic (exact) mass is 510 g/mol. The molecule has 0 saturated heterocycles. The number of nitrogens with zero attached hydrogens (tertiary/aromatic N) is 3. The van der Waals surface area contributed by atoms with Gasteiger partial charge in [0.05, 0.1) is 21.3 Å². The third kappa shape index (κ3) is 3.79. The van der Waals surface area contributed by atoms with E-state index in [-0.39, 0.29) is 11.2 Å². The van der Waals surface area contributed by atoms with Crippen molar-refractivity contribution in [3.8, 4) is 28.6 Å². The normalized spacial score (nSPS) is 18.0. The summed E-state index contributed by atoms with van der Waals surface area (Å²) in [5.74, 6) is 2.80. The van der Waals surface area contributed by atoms with Crippen LogP contribution in [0.3, 0.4) is 0 Å². The number of benzene rings is 3. The first kappa shape index (κ1) is 24.0. The molecule has 38 heavy (non-hydrogen) atoms. The fraction of sp³-hybridized carbons (Fsp3) is 0.300. The van der Waals surface area contributed by atoms with Crippen molar-refractivity contribution in [2.24, 2.45) is 5.41 Å². The smallest absolute Gasteiger partial charge is 0.226 e. The van der Waals surface area contributed by atoms with Gasteiger partial charge in [-0.05, 0) is 40.3 Å². The van der Waals surface area contributed by atoms with E-state index in [1.54, 1.807) is 21.3 Å². The van der Waals surface area contributed by atoms with Gasteiger partial charge in [0.25, 0.3) is 0 Å². The molecule has 0 bridgehead atoms. The Morgan fingerprint density at radius 3 is 2.37 bits per heavy atom. The SMILES string of the molecule is COc1cc(C2C3=C(CC(C)(C)CC3=O)Nc3nc(-c4cccc5ccccc45)nn32)cc(OC)c1OC. The number of fused-ring (bicyclic) bond motifs is 2. The van der Waals surface area contributed by atoms with Gasteiger partial charge in [-0.1, -0.05) is 56.3 Å². The number of allylic oxidation sites excluding steroid dienone is 2. The second kappa shape index (κ2) is 8.90. The second-order valence-electron chi connectivity index (χ2n) is 10.5. The third-order valence-corrected chi connectivity index (χ3v) is 7.37. The second-order valence-corrected chi connectivity index (χ2v) is 10.5. The van der Waals surface area contributed by atoms with Crippen LogP contribution in [0.1, 0.15) is 38.3 Å². The lowest BCUT2D eigenvalue weighted by atomic mass is 9.73. The number of ketones is 1. The number of methoxy groups -OCH3 is 3. The molecule has 0 radical (unpaired) electrons. The maximum absolute atomic E-state index is 13.7. The van der Waals surface area contributed by atoms with Crippen molar-refractivity contribution in [3.63, 3.8) is 0 Å². The van der Waals surface area contributed by atoms with E-state index < -0.39 is 6.04 Å². The van der Waals surface area contributed by atoms with Crippen molar-refractivity contribution in [2.75, 3.05) is 26.6 Å². The van der Waals surface area contributed by atoms with Crippen LogP contribution in [0.15, 0.2) is 65.9 Å². The Morgan fingerprint density at radius 2 is 1.66 bits per heavy atom. The van der Waals surface area contributed by atoms with Crippen LogP contribution in [0.5, 0.6) is 17.2 Å². The fourth-order valence-corrected chi connectivity index (χ4v) is 5.71. The van der Waals surface area contributed by atoms with Crippen molar-refractivity contribution in [1.29, 1.82) is 0 Å². The summed E-state index contributed by atoms with van der Waals surface area (Å²) < 4.78 is 18.7. The molecular weight excluding hydrogens is 480 g/mol. The first-order valence-electron chi connectivity index (χ1n) is 12.6. The van der Waals surface area contributed by atoms with Gasteiger partial charge in [0.2, 0.25) is 11.7 Å². The lowest BCUT2D eigenvalue weighted by Gasteiger charge is -2.38. The zero-order chi connectivity index (χ0) is 26.6. The highest BCUT2D eigenvalue weighted by molar-refractivity contribution is 6.00. The number of rotatable bonds is 5. The fourth-order valence-electron chi connectivity index (χ4n) is 5.71. The Labute approximate surface area is 221 Å². The van der Waals surface area contributed by atoms with E-state index in [1.807, 2.05) is 41.1 Å². The van der Waals surface area contributed by atoms with Crippen LogP contribution in [-0.4, -0.2) is 41.9 Å². The van der Waals surface area contributed by atoms with Gasteiger partial charge in [-0.2, -0.15) is 4.98 Å². The standard InChI is InChI=1S/C30H30N4O4/c1-30(2)15-21-25(22(35)16-30)26(18-13-23(36-3)27(38-5)24(14-18)37-4)34-29(31-21)32-28(33-34)20-12-8-10-17-9-6-7-11-19(17)20/h6-14,26H,15-16H2,1-5H3,(H,31,32,33). The van der Waals surface area contributed by atoms with E-state index in [2.05, 4.69) is 37.4 Å². The van der Waals surface area contributed by atoms with Crippen LogP contribution in [0, 0.1) is 5.41 Å². The van der Waals surface area contributed by atoms with Crippen molar-refractivity contribution in [2.45, 2.75) is 32.7 Å². The van der Waals surface area contributed by atoms with Gasteiger partial charge in [0.15, 0.2) is 23.1 Å². The third-order valence-electron chi connectivity index (χ3n) is 7.37. The summed E-state index contributed by atoms with van der Waals surface area (Å²) >= 11 is 0. The highest BCUT2D eigenvalue weighted by atomic mass is 16.5. The van der Waals surface area contributed by atoms with Gasteiger partial charge in [0, 0.05) is 23.3 Å². The number of hydrogen-bond donors (Lipinski definition) is 1. The molecule has 0 amide bonds. The van der Waals surface area contributed by atoms with Crippen molar-refractivity contribution in [3.05, 3.63) is 71.4 Å². The summed E-state index contributed by atoms with van der Waals surface area (Å²) in [4.78, 5) is 18.6. The van der Waals surface area contributed by atoms with Crippen LogP contribution in [0.25, 0.3) is 22.2 Å². The first-order valence-corrected chi connectivity index (χ1v) is 12.6. The molecule has 1 N–H and O–H groups in total. The molecule has 1 aromatic heterocycles. The Hall–Kier alpha value is -4.33. The summed E-state index contributed by atoms with van der Waals surface area (Å²) in [5.41, 5.74) is 3.15. The zero-order valence-corrected chi connectivity index (χ0v) is 22.2. The minimum Gasteiger partial charge on any atom is -0.493 e. The molecule has 4 aromatic rings. The van der Waals surface area contributed by atoms with Gasteiger partial charge in [-0.15, -0.1) is 5.10 Å². The minimum absolute atomic E-state index is 0.0929. The highest BCUT2D eigenvalue weighted by Crippen LogP contribution is 2.48. The molecule has 194 valence electrons. The Balaban J connectivity index is 1.58. The summed E-state index contributed by atoms with van der Waals surface area (Å²) in [6.45, 7) is 4.23. The van der Waals surface area contributed by atoms with E-state index in [4.69, 9.17) is 24.3 Å². The van der Waals surface area contributed by atoms with Crippen molar-refractivity contribution in [1.82, 2.24) is 14.8 Å². The van der Waals surface area contributed by atoms with Gasteiger partial charge in [0.1, 0.15) is 6.04 Å². The minimum atomic E-state index is -0.505. The molecular formula is C30H30N4O4. The number of hydrogen-bond acceptors (Lipinski definition) is 7. The average molecular weight is 511 g/mol. The number of nitrogens with one attached hydrogen (secondary N) is 1. The molecule has 6 rings (SSSR count). The molecule has 1 unspecified atom stereocenters. The quantitative estimate of drug-likeness (QED) is 0.364. The van der Waals surface area contributed by atoms with Crippen molar-refractivity contribution >= 4 is 22.5 Å². The number of anilines is 1. The number of ether oxygens (including phenoxy) is 3. The Bertz CT molecular complexity index is 1590. The topological polar surface area (TPSA) is 87.5 Å². The number of carbonyl (C=O) groups is 1. The van der Waals surface area contributed by atoms with Crippen LogP contribution in [-0.2, 0) is 4.79 Å². The van der Waals surface area contributed by atoms with Crippen LogP contribution >= 0.6 is 0 Å². The van der Waals surface area contributed by atoms with Gasteiger partial charge >= 0.3 is 0 Å². The number of aromatic nitrogens is 3. The molecule has 2 aliphatic rings. The number of carbonyl (C=O) groups excluding carboxylic acids is 1. The lowest BCUT2D eigenvalue weighted by Crippen LogP contribution is -2.36. The predicted molar refractivity (Wildman–Crippen MR) is 146 cm³/mol. The summed E-state index contributed by atoms with van der Waals surface area (Å²) in [7, 11) is 4.74. The highest BCUT2D eigenvalue weighted by Gasteiger charge is 2.42. The van der Waals surface area contributed by atoms with E-state index in [1.165, 1.54) is 0 Å². The summed E-state index contributed by atoms with van der Waals surface area (Å²) in [5, 5.41) is 10.6. The molecule has 0 spiro atoms. The van der Waals surface area contributed by atoms with Crippen LogP contribution < -0.4 is 19.5 Å². The van der Waals surface area contributed by atoms with E-state index in [9.17, 15) is 4.79 Å². The van der Waals surface area contributed by atoms with E-state index >= 15 is 0 Å². The number of Topliss-reactive ketones (excluding diaryl/α,β-unsaturated/α-hetero) is 1. The summed E-state index contributed by atoms with van der Waals surface area (Å²) in [6, 6.07) is 17.6.